The van der Waals surface area contributed by atoms with Crippen molar-refractivity contribution in [1.29, 1.82) is 0 Å². The molecule has 352 valence electrons. The molecule has 1 aliphatic carbocycles. The Labute approximate surface area is 362 Å². The normalized spacial score (nSPS) is 22.3. The summed E-state index contributed by atoms with van der Waals surface area (Å²) >= 11 is 0. The van der Waals surface area contributed by atoms with E-state index in [4.69, 9.17) is 18.5 Å². The summed E-state index contributed by atoms with van der Waals surface area (Å²) in [6.45, 7) is 3.28. The number of aliphatic hydroxyl groups excluding tert-OH is 5. The first kappa shape index (κ1) is 56.3. The Balaban J connectivity index is 2.46. The molecule has 0 aliphatic heterocycles. The molecule has 6 unspecified atom stereocenters. The van der Waals surface area contributed by atoms with Gasteiger partial charge in [0, 0.05) is 12.8 Å². The first-order chi connectivity index (χ1) is 28.9. The van der Waals surface area contributed by atoms with Gasteiger partial charge >= 0.3 is 19.8 Å². The van der Waals surface area contributed by atoms with Crippen molar-refractivity contribution < 1.29 is 63.1 Å². The zero-order valence-corrected chi connectivity index (χ0v) is 38.2. The summed E-state index contributed by atoms with van der Waals surface area (Å²) in [7, 11) is -5.12. The van der Waals surface area contributed by atoms with E-state index < -0.39 is 75.7 Å². The Bertz CT molecular complexity index is 1150. The zero-order chi connectivity index (χ0) is 44.3. The van der Waals surface area contributed by atoms with Crippen LogP contribution in [0.1, 0.15) is 200 Å². The van der Waals surface area contributed by atoms with E-state index in [1.807, 2.05) is 0 Å². The third kappa shape index (κ3) is 28.8. The van der Waals surface area contributed by atoms with Crippen LogP contribution in [0.15, 0.2) is 24.3 Å². The van der Waals surface area contributed by atoms with E-state index in [1.165, 1.54) is 83.5 Å². The molecule has 0 bridgehead atoms. The van der Waals surface area contributed by atoms with Crippen molar-refractivity contribution >= 4 is 19.8 Å². The van der Waals surface area contributed by atoms with Crippen LogP contribution in [0.4, 0.5) is 0 Å². The molecule has 14 heteroatoms. The Hall–Kier alpha value is -1.67. The van der Waals surface area contributed by atoms with E-state index in [9.17, 15) is 44.6 Å². The molecule has 1 aliphatic rings. The van der Waals surface area contributed by atoms with Gasteiger partial charge in [-0.1, -0.05) is 147 Å². The van der Waals surface area contributed by atoms with Crippen LogP contribution in [0.3, 0.4) is 0 Å². The zero-order valence-electron chi connectivity index (χ0n) is 37.3. The maximum Gasteiger partial charge on any atom is 0.472 e. The number of hydrogen-bond acceptors (Lipinski definition) is 12. The maximum absolute atomic E-state index is 12.8. The molecular formula is C46H85O13P. The molecule has 0 radical (unpaired) electrons. The quantitative estimate of drug-likeness (QED) is 0.0147. The third-order valence-electron chi connectivity index (χ3n) is 11.0. The van der Waals surface area contributed by atoms with Gasteiger partial charge in [0.1, 0.15) is 43.2 Å². The number of hydrogen-bond donors (Lipinski definition) is 6. The van der Waals surface area contributed by atoms with Crippen LogP contribution in [-0.4, -0.2) is 98.3 Å². The average Bonchev–Trinajstić information content (AvgIpc) is 3.23. The Morgan fingerprint density at radius 1 is 0.500 bits per heavy atom. The molecular weight excluding hydrogens is 791 g/mol. The second-order valence-electron chi connectivity index (χ2n) is 16.6. The maximum atomic E-state index is 12.8. The predicted octanol–water partition coefficient (Wildman–Crippen LogP) is 9.23. The molecule has 1 saturated carbocycles. The monoisotopic (exact) mass is 877 g/mol. The second kappa shape index (κ2) is 36.8. The second-order valence-corrected chi connectivity index (χ2v) is 18.0. The van der Waals surface area contributed by atoms with E-state index in [0.29, 0.717) is 12.8 Å². The fourth-order valence-electron chi connectivity index (χ4n) is 7.16. The van der Waals surface area contributed by atoms with Gasteiger partial charge in [-0.25, -0.2) is 4.57 Å². The van der Waals surface area contributed by atoms with Gasteiger partial charge in [0.2, 0.25) is 0 Å². The smallest absolute Gasteiger partial charge is 0.462 e. The number of esters is 2. The van der Waals surface area contributed by atoms with Crippen molar-refractivity contribution in [3.8, 4) is 0 Å². The number of rotatable bonds is 39. The lowest BCUT2D eigenvalue weighted by molar-refractivity contribution is -0.220. The molecule has 1 rings (SSSR count). The Morgan fingerprint density at radius 3 is 1.27 bits per heavy atom. The molecule has 6 N–H and O–H groups in total. The highest BCUT2D eigenvalue weighted by molar-refractivity contribution is 7.47. The van der Waals surface area contributed by atoms with Crippen molar-refractivity contribution in [2.45, 2.75) is 243 Å². The van der Waals surface area contributed by atoms with Crippen LogP contribution in [0.5, 0.6) is 0 Å². The molecule has 13 nitrogen and oxygen atoms in total. The van der Waals surface area contributed by atoms with Crippen LogP contribution in [-0.2, 0) is 32.7 Å². The minimum absolute atomic E-state index is 0.0869. The van der Waals surface area contributed by atoms with E-state index in [0.717, 1.165) is 77.0 Å². The van der Waals surface area contributed by atoms with Crippen molar-refractivity contribution in [2.24, 2.45) is 0 Å². The van der Waals surface area contributed by atoms with Gasteiger partial charge in [-0.05, 0) is 64.2 Å². The topological polar surface area (TPSA) is 210 Å². The van der Waals surface area contributed by atoms with Gasteiger partial charge in [-0.3, -0.25) is 18.6 Å². The summed E-state index contributed by atoms with van der Waals surface area (Å²) in [5.74, 6) is -1.11. The van der Waals surface area contributed by atoms with Crippen LogP contribution in [0, 0.1) is 0 Å². The van der Waals surface area contributed by atoms with E-state index in [-0.39, 0.29) is 12.8 Å². The number of carbonyl (C=O) groups excluding carboxylic acids is 2. The molecule has 0 spiro atoms. The van der Waals surface area contributed by atoms with E-state index >= 15 is 0 Å². The summed E-state index contributed by atoms with van der Waals surface area (Å²) in [5.41, 5.74) is 0. The van der Waals surface area contributed by atoms with Gasteiger partial charge in [-0.2, -0.15) is 0 Å². The molecule has 1 fully saturated rings. The third-order valence-corrected chi connectivity index (χ3v) is 12.0. The molecule has 6 atom stereocenters. The highest BCUT2D eigenvalue weighted by atomic mass is 31.2. The number of aliphatic hydroxyl groups is 5. The van der Waals surface area contributed by atoms with Crippen molar-refractivity contribution in [3.63, 3.8) is 0 Å². The lowest BCUT2D eigenvalue weighted by atomic mass is 9.85. The minimum atomic E-state index is -5.12. The number of unbranched alkanes of at least 4 members (excludes halogenated alkanes) is 23. The molecule has 0 heterocycles. The Kier molecular flexibility index (Phi) is 34.5. The van der Waals surface area contributed by atoms with Crippen LogP contribution >= 0.6 is 7.82 Å². The SMILES string of the molecule is CCCCCCCC/C=C\CCCCCCCC(=O)OCC(COP(=O)(O)OC1C(O)C(O)C(O)C(O)C1O)OC(=O)CCCCCCC/C=C\CCCCCCCCC. The van der Waals surface area contributed by atoms with Gasteiger partial charge < -0.3 is 39.9 Å². The molecule has 0 amide bonds. The highest BCUT2D eigenvalue weighted by Crippen LogP contribution is 2.47. The van der Waals surface area contributed by atoms with E-state index in [2.05, 4.69) is 38.2 Å². The molecule has 0 aromatic heterocycles. The number of allylic oxidation sites excluding steroid dienone is 4. The highest BCUT2D eigenvalue weighted by Gasteiger charge is 2.51. The largest absolute Gasteiger partial charge is 0.472 e. The minimum Gasteiger partial charge on any atom is -0.462 e. The number of ether oxygens (including phenoxy) is 2. The number of carbonyl (C=O) groups is 2. The van der Waals surface area contributed by atoms with Crippen molar-refractivity contribution in [1.82, 2.24) is 0 Å². The molecule has 0 aromatic carbocycles. The standard InChI is InChI=1S/C46H85O13P/c1-3-5-7-9-11-13-15-17-19-21-23-25-27-29-31-33-35-40(48)58-38(37-57-60(54,55)59-46-44(52)42(50)41(49)43(51)45(46)53)36-56-39(47)34-32-30-28-26-24-22-20-18-16-14-12-10-8-6-4-2/h18-21,38,41-46,49-53H,3-17,22-37H2,1-2H3,(H,54,55)/b20-18-,21-19-. The summed E-state index contributed by atoms with van der Waals surface area (Å²) in [6, 6.07) is 0. The number of phosphoric ester groups is 1. The first-order valence-electron chi connectivity index (χ1n) is 23.6. The van der Waals surface area contributed by atoms with Crippen LogP contribution < -0.4 is 0 Å². The van der Waals surface area contributed by atoms with Gasteiger partial charge in [0.15, 0.2) is 6.10 Å². The average molecular weight is 877 g/mol. The summed E-state index contributed by atoms with van der Waals surface area (Å²) in [5, 5.41) is 50.1. The predicted molar refractivity (Wildman–Crippen MR) is 235 cm³/mol. The fourth-order valence-corrected chi connectivity index (χ4v) is 8.13. The van der Waals surface area contributed by atoms with Crippen LogP contribution in [0.25, 0.3) is 0 Å². The number of phosphoric acid groups is 1. The van der Waals surface area contributed by atoms with Gasteiger partial charge in [0.25, 0.3) is 0 Å². The van der Waals surface area contributed by atoms with Crippen molar-refractivity contribution in [3.05, 3.63) is 24.3 Å². The van der Waals surface area contributed by atoms with E-state index in [1.54, 1.807) is 0 Å². The molecule has 0 aromatic rings. The van der Waals surface area contributed by atoms with Gasteiger partial charge in [-0.15, -0.1) is 0 Å². The van der Waals surface area contributed by atoms with Crippen molar-refractivity contribution in [2.75, 3.05) is 13.2 Å². The fraction of sp³-hybridized carbons (Fsp3) is 0.870. The molecule has 0 saturated heterocycles. The summed E-state index contributed by atoms with van der Waals surface area (Å²) < 4.78 is 33.5. The van der Waals surface area contributed by atoms with Gasteiger partial charge in [0.05, 0.1) is 6.61 Å². The lowest BCUT2D eigenvalue weighted by Gasteiger charge is -2.41. The van der Waals surface area contributed by atoms with Crippen LogP contribution in [0.2, 0.25) is 0 Å². The molecule has 60 heavy (non-hydrogen) atoms. The summed E-state index contributed by atoms with van der Waals surface area (Å²) in [4.78, 5) is 35.7. The first-order valence-corrected chi connectivity index (χ1v) is 25.1. The lowest BCUT2D eigenvalue weighted by Crippen LogP contribution is -2.64. The summed E-state index contributed by atoms with van der Waals surface area (Å²) in [6.07, 6.45) is 26.6. The Morgan fingerprint density at radius 2 is 0.850 bits per heavy atom.